The molecule has 4 nitrogen and oxygen atoms in total. The van der Waals surface area contributed by atoms with Crippen molar-refractivity contribution in [3.8, 4) is 5.75 Å². The second kappa shape index (κ2) is 6.02. The summed E-state index contributed by atoms with van der Waals surface area (Å²) in [4.78, 5) is 2.32. The van der Waals surface area contributed by atoms with Crippen molar-refractivity contribution >= 4 is 5.84 Å². The summed E-state index contributed by atoms with van der Waals surface area (Å²) in [5, 5.41) is 7.24. The highest BCUT2D eigenvalue weighted by molar-refractivity contribution is 5.95. The highest BCUT2D eigenvalue weighted by Crippen LogP contribution is 2.21. The van der Waals surface area contributed by atoms with Gasteiger partial charge in [-0.1, -0.05) is 0 Å². The molecule has 1 aliphatic heterocycles. The first kappa shape index (κ1) is 13.8. The van der Waals surface area contributed by atoms with E-state index in [0.717, 1.165) is 13.0 Å². The van der Waals surface area contributed by atoms with Crippen molar-refractivity contribution in [2.45, 2.75) is 25.3 Å². The number of nitrogens with zero attached hydrogens (tertiary/aromatic N) is 1. The molecule has 0 spiro atoms. The van der Waals surface area contributed by atoms with E-state index in [1.165, 1.54) is 25.0 Å². The third kappa shape index (κ3) is 3.44. The number of nitrogens with one attached hydrogen (secondary N) is 1. The van der Waals surface area contributed by atoms with E-state index in [1.54, 1.807) is 6.07 Å². The fraction of sp³-hybridized carbons (Fsp3) is 0.500. The van der Waals surface area contributed by atoms with Crippen LogP contribution in [0, 0.1) is 11.2 Å². The van der Waals surface area contributed by atoms with Gasteiger partial charge in [0.25, 0.3) is 0 Å². The molecule has 1 heterocycles. The van der Waals surface area contributed by atoms with Crippen molar-refractivity contribution in [1.29, 1.82) is 5.41 Å². The Morgan fingerprint density at radius 3 is 2.95 bits per heavy atom. The molecule has 0 saturated carbocycles. The minimum atomic E-state index is -0.465. The van der Waals surface area contributed by atoms with Crippen molar-refractivity contribution < 1.29 is 9.13 Å². The lowest BCUT2D eigenvalue weighted by Gasteiger charge is -2.19. The number of amidine groups is 1. The van der Waals surface area contributed by atoms with Gasteiger partial charge < -0.3 is 15.4 Å². The number of hydrogen-bond acceptors (Lipinski definition) is 3. The molecule has 3 N–H and O–H groups in total. The maximum Gasteiger partial charge on any atom is 0.165 e. The molecule has 1 aromatic rings. The van der Waals surface area contributed by atoms with Crippen LogP contribution >= 0.6 is 0 Å². The summed E-state index contributed by atoms with van der Waals surface area (Å²) in [5.41, 5.74) is 5.68. The lowest BCUT2D eigenvalue weighted by Crippen LogP contribution is -2.26. The topological polar surface area (TPSA) is 62.3 Å². The summed E-state index contributed by atoms with van der Waals surface area (Å²) in [6.45, 7) is 1.64. The number of benzene rings is 1. The molecule has 5 heteroatoms. The minimum absolute atomic E-state index is 0.141. The quantitative estimate of drug-likeness (QED) is 0.632. The molecular formula is C14H20FN3O. The van der Waals surface area contributed by atoms with Gasteiger partial charge in [-0.05, 0) is 51.1 Å². The van der Waals surface area contributed by atoms with Crippen molar-refractivity contribution in [2.75, 3.05) is 20.2 Å². The Bertz CT molecular complexity index is 464. The second-order valence-electron chi connectivity index (χ2n) is 4.97. The Morgan fingerprint density at radius 2 is 2.37 bits per heavy atom. The summed E-state index contributed by atoms with van der Waals surface area (Å²) in [5.74, 6) is -0.379. The summed E-state index contributed by atoms with van der Waals surface area (Å²) in [6.07, 6.45) is 3.32. The van der Waals surface area contributed by atoms with Crippen LogP contribution < -0.4 is 10.5 Å². The van der Waals surface area contributed by atoms with Crippen LogP contribution in [0.1, 0.15) is 24.8 Å². The average molecular weight is 265 g/mol. The van der Waals surface area contributed by atoms with Crippen LogP contribution in [0.5, 0.6) is 5.75 Å². The summed E-state index contributed by atoms with van der Waals surface area (Å²) < 4.78 is 19.2. The van der Waals surface area contributed by atoms with Crippen LogP contribution in [-0.2, 0) is 0 Å². The maximum absolute atomic E-state index is 13.7. The Balaban J connectivity index is 1.87. The summed E-state index contributed by atoms with van der Waals surface area (Å²) in [7, 11) is 2.11. The van der Waals surface area contributed by atoms with Crippen molar-refractivity contribution in [3.63, 3.8) is 0 Å². The Hall–Kier alpha value is -1.62. The monoisotopic (exact) mass is 265 g/mol. The molecule has 2 rings (SSSR count). The van der Waals surface area contributed by atoms with E-state index >= 15 is 0 Å². The first-order valence-electron chi connectivity index (χ1n) is 6.55. The van der Waals surface area contributed by atoms with E-state index in [4.69, 9.17) is 15.9 Å². The molecule has 19 heavy (non-hydrogen) atoms. The Labute approximate surface area is 112 Å². The SMILES string of the molecule is CN1CCCC1CCOc1ccc(C(=N)N)cc1F. The third-order valence-electron chi connectivity index (χ3n) is 3.62. The summed E-state index contributed by atoms with van der Waals surface area (Å²) >= 11 is 0. The van der Waals surface area contributed by atoms with Crippen LogP contribution in [0.15, 0.2) is 18.2 Å². The number of likely N-dealkylation sites (tertiary alicyclic amines) is 1. The van der Waals surface area contributed by atoms with Crippen molar-refractivity contribution in [1.82, 2.24) is 4.90 Å². The molecule has 104 valence electrons. The smallest absolute Gasteiger partial charge is 0.165 e. The van der Waals surface area contributed by atoms with E-state index in [2.05, 4.69) is 11.9 Å². The molecule has 0 aliphatic carbocycles. The van der Waals surface area contributed by atoms with Gasteiger partial charge >= 0.3 is 0 Å². The van der Waals surface area contributed by atoms with Gasteiger partial charge in [-0.3, -0.25) is 5.41 Å². The number of nitrogen functional groups attached to an aromatic ring is 1. The molecule has 1 aromatic carbocycles. The van der Waals surface area contributed by atoms with Gasteiger partial charge in [0.2, 0.25) is 0 Å². The lowest BCUT2D eigenvalue weighted by molar-refractivity contribution is 0.228. The number of nitrogens with two attached hydrogens (primary N) is 1. The predicted molar refractivity (Wildman–Crippen MR) is 73.2 cm³/mol. The zero-order chi connectivity index (χ0) is 13.8. The molecule has 1 aliphatic rings. The van der Waals surface area contributed by atoms with Gasteiger partial charge in [0.15, 0.2) is 11.6 Å². The van der Waals surface area contributed by atoms with Crippen LogP contribution in [0.3, 0.4) is 0 Å². The van der Waals surface area contributed by atoms with Gasteiger partial charge in [0, 0.05) is 11.6 Å². The standard InChI is InChI=1S/C14H20FN3O/c1-18-7-2-3-11(18)6-8-19-13-5-4-10(14(16)17)9-12(13)15/h4-5,9,11H,2-3,6-8H2,1H3,(H3,16,17). The Morgan fingerprint density at radius 1 is 1.58 bits per heavy atom. The lowest BCUT2D eigenvalue weighted by atomic mass is 10.1. The Kier molecular flexibility index (Phi) is 4.37. The van der Waals surface area contributed by atoms with E-state index in [1.807, 2.05) is 0 Å². The second-order valence-corrected chi connectivity index (χ2v) is 4.97. The number of halogens is 1. The van der Waals surface area contributed by atoms with Gasteiger partial charge in [-0.2, -0.15) is 0 Å². The van der Waals surface area contributed by atoms with Crippen LogP contribution in [-0.4, -0.2) is 37.0 Å². The van der Waals surface area contributed by atoms with Crippen LogP contribution in [0.4, 0.5) is 4.39 Å². The van der Waals surface area contributed by atoms with Crippen molar-refractivity contribution in [3.05, 3.63) is 29.6 Å². The van der Waals surface area contributed by atoms with Gasteiger partial charge in [-0.15, -0.1) is 0 Å². The van der Waals surface area contributed by atoms with E-state index in [-0.39, 0.29) is 11.6 Å². The first-order chi connectivity index (χ1) is 9.08. The molecule has 1 saturated heterocycles. The minimum Gasteiger partial charge on any atom is -0.490 e. The average Bonchev–Trinajstić information content (AvgIpc) is 2.77. The number of rotatable bonds is 5. The van der Waals surface area contributed by atoms with E-state index in [0.29, 0.717) is 18.2 Å². The molecular weight excluding hydrogens is 245 g/mol. The first-order valence-corrected chi connectivity index (χ1v) is 6.55. The molecule has 1 fully saturated rings. The van der Waals surface area contributed by atoms with E-state index < -0.39 is 5.82 Å². The zero-order valence-corrected chi connectivity index (χ0v) is 11.2. The fourth-order valence-corrected chi connectivity index (χ4v) is 2.43. The highest BCUT2D eigenvalue weighted by atomic mass is 19.1. The fourth-order valence-electron chi connectivity index (χ4n) is 2.43. The van der Waals surface area contributed by atoms with Gasteiger partial charge in [0.1, 0.15) is 5.84 Å². The largest absolute Gasteiger partial charge is 0.490 e. The normalized spacial score (nSPS) is 19.6. The van der Waals surface area contributed by atoms with Crippen LogP contribution in [0.25, 0.3) is 0 Å². The van der Waals surface area contributed by atoms with Gasteiger partial charge in [-0.25, -0.2) is 4.39 Å². The summed E-state index contributed by atoms with van der Waals surface area (Å²) in [6, 6.07) is 4.91. The third-order valence-corrected chi connectivity index (χ3v) is 3.62. The molecule has 0 amide bonds. The van der Waals surface area contributed by atoms with E-state index in [9.17, 15) is 4.39 Å². The molecule has 0 radical (unpaired) electrons. The molecule has 0 bridgehead atoms. The van der Waals surface area contributed by atoms with Gasteiger partial charge in [0.05, 0.1) is 6.61 Å². The number of ether oxygens (including phenoxy) is 1. The molecule has 0 aromatic heterocycles. The van der Waals surface area contributed by atoms with Crippen LogP contribution in [0.2, 0.25) is 0 Å². The zero-order valence-electron chi connectivity index (χ0n) is 11.2. The molecule has 1 unspecified atom stereocenters. The molecule has 1 atom stereocenters. The predicted octanol–water partition coefficient (Wildman–Crippen LogP) is 1.97. The highest BCUT2D eigenvalue weighted by Gasteiger charge is 2.20. The van der Waals surface area contributed by atoms with Crippen molar-refractivity contribution in [2.24, 2.45) is 5.73 Å². The maximum atomic E-state index is 13.7. The number of hydrogen-bond donors (Lipinski definition) is 2.